The van der Waals surface area contributed by atoms with Gasteiger partial charge in [0, 0.05) is 21.3 Å². The fourth-order valence-corrected chi connectivity index (χ4v) is 2.77. The molecule has 1 aliphatic heterocycles. The molecule has 1 aromatic rings. The molecule has 2 nitrogen and oxygen atoms in total. The molecule has 12 heavy (non-hydrogen) atoms. The SMILES string of the molecule is Brc1csc([C@@H]2COCCN2)c1. The van der Waals surface area contributed by atoms with Gasteiger partial charge in [0.25, 0.3) is 0 Å². The summed E-state index contributed by atoms with van der Waals surface area (Å²) in [6, 6.07) is 2.55. The van der Waals surface area contributed by atoms with E-state index in [0.717, 1.165) is 24.2 Å². The highest BCUT2D eigenvalue weighted by Gasteiger charge is 2.16. The highest BCUT2D eigenvalue weighted by molar-refractivity contribution is 9.10. The van der Waals surface area contributed by atoms with Crippen LogP contribution in [-0.4, -0.2) is 19.8 Å². The molecule has 2 heterocycles. The lowest BCUT2D eigenvalue weighted by Crippen LogP contribution is -2.33. The zero-order valence-corrected chi connectivity index (χ0v) is 8.95. The first kappa shape index (κ1) is 8.69. The number of hydrogen-bond donors (Lipinski definition) is 1. The lowest BCUT2D eigenvalue weighted by atomic mass is 10.2. The monoisotopic (exact) mass is 247 g/mol. The minimum atomic E-state index is 0.398. The van der Waals surface area contributed by atoms with Gasteiger partial charge in [-0.15, -0.1) is 11.3 Å². The van der Waals surface area contributed by atoms with E-state index in [-0.39, 0.29) is 0 Å². The molecule has 1 aromatic heterocycles. The number of hydrogen-bond acceptors (Lipinski definition) is 3. The summed E-state index contributed by atoms with van der Waals surface area (Å²) in [5.41, 5.74) is 0. The summed E-state index contributed by atoms with van der Waals surface area (Å²) in [6.07, 6.45) is 0. The molecule has 66 valence electrons. The minimum absolute atomic E-state index is 0.398. The van der Waals surface area contributed by atoms with Crippen molar-refractivity contribution in [3.05, 3.63) is 20.8 Å². The smallest absolute Gasteiger partial charge is 0.0670 e. The third kappa shape index (κ3) is 1.88. The number of thiophene rings is 1. The van der Waals surface area contributed by atoms with E-state index in [4.69, 9.17) is 4.74 Å². The molecule has 1 saturated heterocycles. The van der Waals surface area contributed by atoms with Crippen molar-refractivity contribution in [2.75, 3.05) is 19.8 Å². The van der Waals surface area contributed by atoms with Crippen molar-refractivity contribution in [2.45, 2.75) is 6.04 Å². The highest BCUT2D eigenvalue weighted by Crippen LogP contribution is 2.26. The van der Waals surface area contributed by atoms with Crippen LogP contribution in [0.1, 0.15) is 10.9 Å². The van der Waals surface area contributed by atoms with Crippen molar-refractivity contribution in [3.8, 4) is 0 Å². The Morgan fingerprint density at radius 1 is 1.67 bits per heavy atom. The van der Waals surface area contributed by atoms with Crippen LogP contribution in [0.4, 0.5) is 0 Å². The average Bonchev–Trinajstić information content (AvgIpc) is 2.54. The summed E-state index contributed by atoms with van der Waals surface area (Å²) in [5, 5.41) is 5.52. The van der Waals surface area contributed by atoms with Gasteiger partial charge in [-0.2, -0.15) is 0 Å². The van der Waals surface area contributed by atoms with E-state index in [1.54, 1.807) is 11.3 Å². The molecule has 0 saturated carbocycles. The molecule has 0 unspecified atom stereocenters. The Labute approximate surface area is 84.1 Å². The summed E-state index contributed by atoms with van der Waals surface area (Å²) in [6.45, 7) is 2.59. The van der Waals surface area contributed by atoms with Gasteiger partial charge in [-0.3, -0.25) is 0 Å². The van der Waals surface area contributed by atoms with Crippen molar-refractivity contribution in [3.63, 3.8) is 0 Å². The first-order valence-electron chi connectivity index (χ1n) is 3.91. The summed E-state index contributed by atoms with van der Waals surface area (Å²) >= 11 is 5.21. The average molecular weight is 248 g/mol. The van der Waals surface area contributed by atoms with E-state index in [1.807, 2.05) is 0 Å². The van der Waals surface area contributed by atoms with Gasteiger partial charge in [-0.25, -0.2) is 0 Å². The van der Waals surface area contributed by atoms with E-state index in [0.29, 0.717) is 6.04 Å². The van der Waals surface area contributed by atoms with Gasteiger partial charge < -0.3 is 10.1 Å². The lowest BCUT2D eigenvalue weighted by molar-refractivity contribution is 0.0779. The Morgan fingerprint density at radius 3 is 3.17 bits per heavy atom. The summed E-state index contributed by atoms with van der Waals surface area (Å²) < 4.78 is 6.54. The van der Waals surface area contributed by atoms with Gasteiger partial charge in [0.2, 0.25) is 0 Å². The Kier molecular flexibility index (Phi) is 2.80. The number of rotatable bonds is 1. The second-order valence-electron chi connectivity index (χ2n) is 2.75. The quantitative estimate of drug-likeness (QED) is 0.822. The molecule has 1 aliphatic rings. The van der Waals surface area contributed by atoms with Crippen LogP contribution in [0.15, 0.2) is 15.9 Å². The molecule has 2 rings (SSSR count). The maximum Gasteiger partial charge on any atom is 0.0670 e. The van der Waals surface area contributed by atoms with Gasteiger partial charge in [-0.05, 0) is 22.0 Å². The van der Waals surface area contributed by atoms with E-state index < -0.39 is 0 Å². The van der Waals surface area contributed by atoms with Crippen LogP contribution in [0.25, 0.3) is 0 Å². The molecule has 0 bridgehead atoms. The molecule has 1 atom stereocenters. The van der Waals surface area contributed by atoms with Gasteiger partial charge >= 0.3 is 0 Å². The molecule has 1 N–H and O–H groups in total. The largest absolute Gasteiger partial charge is 0.378 e. The highest BCUT2D eigenvalue weighted by atomic mass is 79.9. The van der Waals surface area contributed by atoms with E-state index in [2.05, 4.69) is 32.7 Å². The summed E-state index contributed by atoms with van der Waals surface area (Å²) in [4.78, 5) is 1.35. The molecule has 0 amide bonds. The molecular formula is C8H10BrNOS. The van der Waals surface area contributed by atoms with E-state index in [1.165, 1.54) is 4.88 Å². The van der Waals surface area contributed by atoms with Gasteiger partial charge in [0.15, 0.2) is 0 Å². The first-order valence-corrected chi connectivity index (χ1v) is 5.58. The van der Waals surface area contributed by atoms with Crippen LogP contribution < -0.4 is 5.32 Å². The third-order valence-corrected chi connectivity index (χ3v) is 3.66. The maximum absolute atomic E-state index is 5.37. The third-order valence-electron chi connectivity index (χ3n) is 1.85. The maximum atomic E-state index is 5.37. The fraction of sp³-hybridized carbons (Fsp3) is 0.500. The van der Waals surface area contributed by atoms with Crippen molar-refractivity contribution in [1.82, 2.24) is 5.32 Å². The van der Waals surface area contributed by atoms with Crippen LogP contribution >= 0.6 is 27.3 Å². The van der Waals surface area contributed by atoms with Crippen LogP contribution in [0.3, 0.4) is 0 Å². The Balaban J connectivity index is 2.08. The Hall–Kier alpha value is 0.1000. The lowest BCUT2D eigenvalue weighted by Gasteiger charge is -2.22. The van der Waals surface area contributed by atoms with Gasteiger partial charge in [0.05, 0.1) is 19.3 Å². The van der Waals surface area contributed by atoms with Gasteiger partial charge in [-0.1, -0.05) is 0 Å². The van der Waals surface area contributed by atoms with Crippen LogP contribution in [0, 0.1) is 0 Å². The molecule has 1 fully saturated rings. The zero-order chi connectivity index (χ0) is 8.39. The number of halogens is 1. The number of morpholine rings is 1. The normalized spacial score (nSPS) is 24.2. The number of nitrogens with one attached hydrogen (secondary N) is 1. The van der Waals surface area contributed by atoms with E-state index in [9.17, 15) is 0 Å². The molecule has 0 radical (unpaired) electrons. The second-order valence-corrected chi connectivity index (χ2v) is 4.61. The molecular weight excluding hydrogens is 238 g/mol. The molecule has 4 heteroatoms. The molecule has 0 aliphatic carbocycles. The second kappa shape index (κ2) is 3.87. The Bertz CT molecular complexity index is 257. The Morgan fingerprint density at radius 2 is 2.58 bits per heavy atom. The van der Waals surface area contributed by atoms with Crippen molar-refractivity contribution in [2.24, 2.45) is 0 Å². The summed E-state index contributed by atoms with van der Waals surface area (Å²) in [7, 11) is 0. The minimum Gasteiger partial charge on any atom is -0.378 e. The fourth-order valence-electron chi connectivity index (χ4n) is 1.26. The predicted molar refractivity (Wildman–Crippen MR) is 53.6 cm³/mol. The molecule has 0 spiro atoms. The van der Waals surface area contributed by atoms with Gasteiger partial charge in [0.1, 0.15) is 0 Å². The summed E-state index contributed by atoms with van der Waals surface area (Å²) in [5.74, 6) is 0. The number of ether oxygens (including phenoxy) is 1. The van der Waals surface area contributed by atoms with Crippen molar-refractivity contribution in [1.29, 1.82) is 0 Å². The van der Waals surface area contributed by atoms with Crippen LogP contribution in [0.2, 0.25) is 0 Å². The topological polar surface area (TPSA) is 21.3 Å². The zero-order valence-electron chi connectivity index (χ0n) is 6.55. The van der Waals surface area contributed by atoms with E-state index >= 15 is 0 Å². The van der Waals surface area contributed by atoms with Crippen LogP contribution in [-0.2, 0) is 4.74 Å². The van der Waals surface area contributed by atoms with Crippen molar-refractivity contribution >= 4 is 27.3 Å². The van der Waals surface area contributed by atoms with Crippen LogP contribution in [0.5, 0.6) is 0 Å². The first-order chi connectivity index (χ1) is 5.86. The molecule has 0 aromatic carbocycles. The van der Waals surface area contributed by atoms with Crippen molar-refractivity contribution < 1.29 is 4.74 Å². The standard InChI is InChI=1S/C8H10BrNOS/c9-6-3-8(12-5-6)7-4-11-2-1-10-7/h3,5,7,10H,1-2,4H2/t7-/m0/s1. The predicted octanol–water partition coefficient (Wildman–Crippen LogP) is 2.17.